The van der Waals surface area contributed by atoms with Crippen LogP contribution in [0.15, 0.2) is 54.7 Å². The Morgan fingerprint density at radius 3 is 2.14 bits per heavy atom. The summed E-state index contributed by atoms with van der Waals surface area (Å²) in [5, 5.41) is 5.97. The molecule has 0 spiro atoms. The maximum atomic E-state index is 13.1. The number of hydrogen-bond donors (Lipinski definition) is 1. The van der Waals surface area contributed by atoms with Gasteiger partial charge in [0.15, 0.2) is 0 Å². The molecular weight excluding hydrogens is 470 g/mol. The number of fused-ring (bicyclic) bond motifs is 2. The molecule has 0 aliphatic carbocycles. The third kappa shape index (κ3) is 5.13. The van der Waals surface area contributed by atoms with E-state index in [2.05, 4.69) is 0 Å². The average Bonchev–Trinajstić information content (AvgIpc) is 3.25. The summed E-state index contributed by atoms with van der Waals surface area (Å²) in [6.07, 6.45) is 1.13. The first-order valence-corrected chi connectivity index (χ1v) is 12.9. The maximum absolute atomic E-state index is 13.1. The lowest BCUT2D eigenvalue weighted by Crippen LogP contribution is -2.42. The van der Waals surface area contributed by atoms with Crippen LogP contribution in [0.1, 0.15) is 53.5 Å². The predicted octanol–water partition coefficient (Wildman–Crippen LogP) is 3.31. The zero-order chi connectivity index (χ0) is 25.5. The lowest BCUT2D eigenvalue weighted by Gasteiger charge is -2.26. The van der Waals surface area contributed by atoms with E-state index in [9.17, 15) is 22.8 Å². The second-order valence-corrected chi connectivity index (χ2v) is 11.3. The van der Waals surface area contributed by atoms with E-state index >= 15 is 0 Å². The molecule has 0 bridgehead atoms. The van der Waals surface area contributed by atoms with Gasteiger partial charge in [-0.25, -0.2) is 18.4 Å². The highest BCUT2D eigenvalue weighted by molar-refractivity contribution is 7.89. The number of para-hydroxylation sites is 1. The van der Waals surface area contributed by atoms with E-state index in [1.54, 1.807) is 63.4 Å². The van der Waals surface area contributed by atoms with Gasteiger partial charge in [-0.1, -0.05) is 30.3 Å². The van der Waals surface area contributed by atoms with Crippen LogP contribution >= 0.6 is 0 Å². The number of aromatic nitrogens is 1. The normalized spacial score (nSPS) is 14.9. The van der Waals surface area contributed by atoms with Gasteiger partial charge in [0.2, 0.25) is 10.0 Å². The van der Waals surface area contributed by atoms with E-state index in [-0.39, 0.29) is 24.0 Å². The zero-order valence-corrected chi connectivity index (χ0v) is 20.5. The lowest BCUT2D eigenvalue weighted by atomic mass is 10.0. The lowest BCUT2D eigenvalue weighted by molar-refractivity contribution is 0.0536. The number of imide groups is 1. The molecule has 1 atom stereocenters. The highest BCUT2D eigenvalue weighted by Crippen LogP contribution is 2.30. The molecule has 9 nitrogen and oxygen atoms in total. The van der Waals surface area contributed by atoms with E-state index in [1.165, 1.54) is 4.57 Å². The minimum absolute atomic E-state index is 0.0454. The number of benzene rings is 2. The van der Waals surface area contributed by atoms with E-state index in [0.29, 0.717) is 11.1 Å². The molecule has 2 heterocycles. The summed E-state index contributed by atoms with van der Waals surface area (Å²) in [5.74, 6) is -1.38. The maximum Gasteiger partial charge on any atom is 0.419 e. The monoisotopic (exact) mass is 497 g/mol. The van der Waals surface area contributed by atoms with Crippen LogP contribution in [0.2, 0.25) is 0 Å². The predicted molar refractivity (Wildman–Crippen MR) is 131 cm³/mol. The van der Waals surface area contributed by atoms with Crippen LogP contribution in [0.4, 0.5) is 4.79 Å². The second-order valence-electron chi connectivity index (χ2n) is 9.56. The van der Waals surface area contributed by atoms with Crippen molar-refractivity contribution < 1.29 is 27.5 Å². The summed E-state index contributed by atoms with van der Waals surface area (Å²) in [4.78, 5) is 40.3. The van der Waals surface area contributed by atoms with Gasteiger partial charge in [-0.3, -0.25) is 19.1 Å². The van der Waals surface area contributed by atoms with Crippen LogP contribution in [0.25, 0.3) is 10.9 Å². The Labute approximate surface area is 203 Å². The fourth-order valence-corrected chi connectivity index (χ4v) is 4.89. The first-order chi connectivity index (χ1) is 16.4. The largest absolute Gasteiger partial charge is 0.443 e. The summed E-state index contributed by atoms with van der Waals surface area (Å²) in [6, 6.07) is 12.9. The summed E-state index contributed by atoms with van der Waals surface area (Å²) in [5.41, 5.74) is 1.11. The van der Waals surface area contributed by atoms with Crippen molar-refractivity contribution in [1.82, 2.24) is 9.47 Å². The number of nitrogens with two attached hydrogens (primary N) is 1. The van der Waals surface area contributed by atoms with Crippen molar-refractivity contribution in [3.8, 4) is 0 Å². The number of amides is 2. The van der Waals surface area contributed by atoms with Crippen molar-refractivity contribution in [3.63, 3.8) is 0 Å². The fourth-order valence-electron chi connectivity index (χ4n) is 4.29. The fraction of sp³-hybridized carbons (Fsp3) is 0.320. The number of hydrogen-bond acceptors (Lipinski definition) is 6. The van der Waals surface area contributed by atoms with Gasteiger partial charge in [0, 0.05) is 17.6 Å². The van der Waals surface area contributed by atoms with Crippen molar-refractivity contribution in [3.05, 3.63) is 71.4 Å². The molecule has 0 saturated heterocycles. The van der Waals surface area contributed by atoms with Crippen LogP contribution in [0.3, 0.4) is 0 Å². The van der Waals surface area contributed by atoms with E-state index in [4.69, 9.17) is 9.88 Å². The van der Waals surface area contributed by atoms with Crippen LogP contribution in [-0.4, -0.2) is 53.2 Å². The summed E-state index contributed by atoms with van der Waals surface area (Å²) >= 11 is 0. The molecule has 35 heavy (non-hydrogen) atoms. The van der Waals surface area contributed by atoms with Crippen molar-refractivity contribution in [2.24, 2.45) is 5.14 Å². The third-order valence-corrected chi connectivity index (χ3v) is 6.57. The van der Waals surface area contributed by atoms with Gasteiger partial charge in [0.25, 0.3) is 11.8 Å². The van der Waals surface area contributed by atoms with Gasteiger partial charge in [-0.15, -0.1) is 0 Å². The van der Waals surface area contributed by atoms with Crippen molar-refractivity contribution in [2.75, 3.05) is 5.75 Å². The number of ether oxygens (including phenoxy) is 1. The van der Waals surface area contributed by atoms with Gasteiger partial charge in [-0.05, 0) is 57.4 Å². The van der Waals surface area contributed by atoms with Crippen molar-refractivity contribution in [1.29, 1.82) is 0 Å². The topological polar surface area (TPSA) is 129 Å². The van der Waals surface area contributed by atoms with Crippen LogP contribution in [0, 0.1) is 0 Å². The van der Waals surface area contributed by atoms with Crippen molar-refractivity contribution >= 4 is 38.8 Å². The number of primary sulfonamides is 1. The third-order valence-electron chi connectivity index (χ3n) is 5.77. The molecule has 0 fully saturated rings. The molecule has 0 unspecified atom stereocenters. The number of rotatable bonds is 6. The molecule has 2 amide bonds. The van der Waals surface area contributed by atoms with Crippen LogP contribution in [-0.2, 0) is 21.2 Å². The molecule has 1 aromatic heterocycles. The quantitative estimate of drug-likeness (QED) is 0.520. The smallest absolute Gasteiger partial charge is 0.419 e. The molecule has 184 valence electrons. The Hall–Kier alpha value is -3.50. The Bertz CT molecular complexity index is 1400. The zero-order valence-electron chi connectivity index (χ0n) is 19.7. The minimum atomic E-state index is -3.84. The number of nitrogens with zero attached hydrogens (tertiary/aromatic N) is 2. The molecule has 1 aliphatic rings. The number of carbonyl (C=O) groups is 3. The highest BCUT2D eigenvalue weighted by atomic mass is 32.2. The molecule has 0 saturated carbocycles. The van der Waals surface area contributed by atoms with Gasteiger partial charge < -0.3 is 4.74 Å². The summed E-state index contributed by atoms with van der Waals surface area (Å²) < 4.78 is 30.4. The van der Waals surface area contributed by atoms with E-state index in [1.807, 2.05) is 12.1 Å². The van der Waals surface area contributed by atoms with Gasteiger partial charge in [-0.2, -0.15) is 0 Å². The molecule has 10 heteroatoms. The van der Waals surface area contributed by atoms with Crippen LogP contribution < -0.4 is 5.14 Å². The Balaban J connectivity index is 1.74. The number of carbonyl (C=O) groups excluding carboxylic acids is 3. The Morgan fingerprint density at radius 1 is 1.00 bits per heavy atom. The van der Waals surface area contributed by atoms with Crippen LogP contribution in [0.5, 0.6) is 0 Å². The molecule has 3 aromatic rings. The Morgan fingerprint density at radius 2 is 1.57 bits per heavy atom. The Kier molecular flexibility index (Phi) is 6.29. The van der Waals surface area contributed by atoms with Gasteiger partial charge in [0.05, 0.1) is 22.4 Å². The van der Waals surface area contributed by atoms with Gasteiger partial charge in [0.1, 0.15) is 5.60 Å². The van der Waals surface area contributed by atoms with Crippen molar-refractivity contribution in [2.45, 2.75) is 45.3 Å². The summed E-state index contributed by atoms with van der Waals surface area (Å²) in [7, 11) is -3.84. The van der Waals surface area contributed by atoms with E-state index < -0.39 is 45.3 Å². The number of sulfonamides is 1. The molecule has 1 aliphatic heterocycles. The summed E-state index contributed by atoms with van der Waals surface area (Å²) in [6.45, 7) is 5.30. The van der Waals surface area contributed by atoms with E-state index in [0.717, 1.165) is 10.3 Å². The highest BCUT2D eigenvalue weighted by Gasteiger charge is 2.40. The van der Waals surface area contributed by atoms with Gasteiger partial charge >= 0.3 is 6.09 Å². The molecule has 2 N–H and O–H groups in total. The molecule has 0 radical (unpaired) electrons. The molecular formula is C25H27N3O6S. The first-order valence-electron chi connectivity index (χ1n) is 11.2. The second kappa shape index (κ2) is 8.94. The minimum Gasteiger partial charge on any atom is -0.443 e. The first kappa shape index (κ1) is 24.6. The molecule has 4 rings (SSSR count). The molecule has 2 aromatic carbocycles. The average molecular weight is 498 g/mol. The SMILES string of the molecule is CC(C)(C)OC(=O)n1cc(C[C@@H](CCS(N)(=O)=O)N2C(=O)c3ccccc3C2=O)c2ccccc21. The standard InChI is InChI=1S/C25H27N3O6S/c1-25(2,3)34-24(31)27-15-16(18-8-6-7-11-21(18)27)14-17(12-13-35(26,32)33)28-22(29)19-9-4-5-10-20(19)23(28)30/h4-11,15,17H,12-14H2,1-3H3,(H2,26,32,33)/t17-/m1/s1.